The molecule has 2 aromatic heterocycles. The lowest BCUT2D eigenvalue weighted by molar-refractivity contribution is -0.149. The van der Waals surface area contributed by atoms with E-state index in [1.54, 1.807) is 48.5 Å². The van der Waals surface area contributed by atoms with E-state index in [1.807, 2.05) is 36.4 Å². The average molecular weight is 850 g/mol. The van der Waals surface area contributed by atoms with E-state index >= 15 is 0 Å². The molecule has 18 nitrogen and oxygen atoms in total. The highest BCUT2D eigenvalue weighted by Gasteiger charge is 2.35. The van der Waals surface area contributed by atoms with Gasteiger partial charge in [0.15, 0.2) is 11.5 Å². The van der Waals surface area contributed by atoms with Crippen molar-refractivity contribution in [2.24, 2.45) is 0 Å². The van der Waals surface area contributed by atoms with Gasteiger partial charge in [-0.05, 0) is 70.7 Å². The number of ether oxygens (including phenoxy) is 2. The number of amides is 3. The van der Waals surface area contributed by atoms with Gasteiger partial charge in [0, 0.05) is 38.5 Å². The molecule has 0 saturated heterocycles. The van der Waals surface area contributed by atoms with Crippen molar-refractivity contribution in [3.05, 3.63) is 66.0 Å². The maximum absolute atomic E-state index is 13.7. The van der Waals surface area contributed by atoms with Gasteiger partial charge in [-0.15, -0.1) is 0 Å². The van der Waals surface area contributed by atoms with Crippen molar-refractivity contribution in [3.8, 4) is 11.1 Å². The van der Waals surface area contributed by atoms with Gasteiger partial charge >= 0.3 is 19.7 Å². The molecular formula is C41H56N9O9P. The highest BCUT2D eigenvalue weighted by atomic mass is 31.2. The first kappa shape index (κ1) is 45.5. The van der Waals surface area contributed by atoms with E-state index in [4.69, 9.17) is 24.3 Å². The van der Waals surface area contributed by atoms with E-state index in [2.05, 4.69) is 43.0 Å². The summed E-state index contributed by atoms with van der Waals surface area (Å²) >= 11 is 0. The first-order chi connectivity index (χ1) is 28.3. The van der Waals surface area contributed by atoms with Crippen LogP contribution in [-0.2, 0) is 44.0 Å². The number of esters is 1. The second-order valence-corrected chi connectivity index (χ2v) is 18.2. The number of hydrogen-bond acceptors (Lipinski definition) is 14. The third-order valence-electron chi connectivity index (χ3n) is 8.94. The van der Waals surface area contributed by atoms with Gasteiger partial charge < -0.3 is 49.7 Å². The minimum Gasteiger partial charge on any atom is -0.465 e. The number of nitrogens with two attached hydrogens (primary N) is 1. The summed E-state index contributed by atoms with van der Waals surface area (Å²) in [6.45, 7) is 12.3. The first-order valence-electron chi connectivity index (χ1n) is 19.9. The molecule has 4 aromatic rings. The van der Waals surface area contributed by atoms with Crippen molar-refractivity contribution in [2.75, 3.05) is 63.1 Å². The van der Waals surface area contributed by atoms with Gasteiger partial charge in [0.25, 0.3) is 0 Å². The first-order valence-corrected chi connectivity index (χ1v) is 21.6. The largest absolute Gasteiger partial charge is 0.465 e. The summed E-state index contributed by atoms with van der Waals surface area (Å²) in [4.78, 5) is 66.0. The van der Waals surface area contributed by atoms with Gasteiger partial charge in [-0.1, -0.05) is 48.5 Å². The summed E-state index contributed by atoms with van der Waals surface area (Å²) < 4.78 is 37.1. The van der Waals surface area contributed by atoms with Crippen molar-refractivity contribution in [1.82, 2.24) is 35.1 Å². The molecule has 19 heteroatoms. The number of benzene rings is 2. The highest BCUT2D eigenvalue weighted by Crippen LogP contribution is 2.54. The number of aromatic nitrogens is 4. The lowest BCUT2D eigenvalue weighted by atomic mass is 9.98. The van der Waals surface area contributed by atoms with Crippen molar-refractivity contribution in [2.45, 2.75) is 78.6 Å². The SMILES string of the molecule is CCOC(=O)CN(CCNC(=O)OCC1c2ccccc2-c2ccccc21)C(=O)Cn1cnc2c(N)nc(NCCNC(=O)CCP(=O)(OC(C)(C)C)OC(C)(C)C)nc21. The Morgan fingerprint density at radius 2 is 1.50 bits per heavy atom. The molecule has 324 valence electrons. The van der Waals surface area contributed by atoms with E-state index in [1.165, 1.54) is 15.8 Å². The molecule has 0 bridgehead atoms. The maximum atomic E-state index is 13.7. The van der Waals surface area contributed by atoms with Crippen molar-refractivity contribution >= 4 is 54.4 Å². The Bertz CT molecular complexity index is 2150. The molecule has 60 heavy (non-hydrogen) atoms. The van der Waals surface area contributed by atoms with Crippen LogP contribution in [0, 0.1) is 0 Å². The maximum Gasteiger partial charge on any atom is 0.407 e. The van der Waals surface area contributed by atoms with E-state index in [9.17, 15) is 23.7 Å². The minimum absolute atomic E-state index is 0.000915. The Labute approximate surface area is 349 Å². The summed E-state index contributed by atoms with van der Waals surface area (Å²) in [5.41, 5.74) is 9.62. The van der Waals surface area contributed by atoms with Crippen LogP contribution in [0.3, 0.4) is 0 Å². The number of carbonyl (C=O) groups excluding carboxylic acids is 4. The van der Waals surface area contributed by atoms with Crippen LogP contribution in [0.4, 0.5) is 16.6 Å². The van der Waals surface area contributed by atoms with Gasteiger partial charge in [-0.3, -0.25) is 18.9 Å². The van der Waals surface area contributed by atoms with E-state index in [0.717, 1.165) is 22.3 Å². The lowest BCUT2D eigenvalue weighted by Gasteiger charge is -2.32. The second kappa shape index (κ2) is 19.7. The molecule has 0 unspecified atom stereocenters. The molecule has 0 saturated carbocycles. The fourth-order valence-corrected chi connectivity index (χ4v) is 9.02. The third-order valence-corrected chi connectivity index (χ3v) is 11.4. The van der Waals surface area contributed by atoms with Crippen LogP contribution in [0.1, 0.15) is 71.9 Å². The molecule has 5 N–H and O–H groups in total. The van der Waals surface area contributed by atoms with Gasteiger partial charge in [-0.25, -0.2) is 9.78 Å². The predicted molar refractivity (Wildman–Crippen MR) is 226 cm³/mol. The van der Waals surface area contributed by atoms with E-state index in [0.29, 0.717) is 0 Å². The number of alkyl carbamates (subject to hydrolysis) is 1. The van der Waals surface area contributed by atoms with Crippen LogP contribution < -0.4 is 21.7 Å². The smallest absolute Gasteiger partial charge is 0.407 e. The van der Waals surface area contributed by atoms with Gasteiger partial charge in [0.05, 0.1) is 30.3 Å². The Hall–Kier alpha value is -5.58. The summed E-state index contributed by atoms with van der Waals surface area (Å²) in [6, 6.07) is 16.1. The van der Waals surface area contributed by atoms with Crippen molar-refractivity contribution in [3.63, 3.8) is 0 Å². The molecule has 0 fully saturated rings. The lowest BCUT2D eigenvalue weighted by Crippen LogP contribution is -2.43. The number of fused-ring (bicyclic) bond motifs is 4. The summed E-state index contributed by atoms with van der Waals surface area (Å²) in [5.74, 6) is -1.37. The highest BCUT2D eigenvalue weighted by molar-refractivity contribution is 7.54. The average Bonchev–Trinajstić information content (AvgIpc) is 3.71. The Balaban J connectivity index is 1.14. The fourth-order valence-electron chi connectivity index (χ4n) is 6.65. The number of nitrogens with zero attached hydrogens (tertiary/aromatic N) is 5. The summed E-state index contributed by atoms with van der Waals surface area (Å²) in [5, 5.41) is 8.46. The molecule has 0 radical (unpaired) electrons. The molecular weight excluding hydrogens is 793 g/mol. The van der Waals surface area contributed by atoms with Crippen LogP contribution >= 0.6 is 7.60 Å². The quantitative estimate of drug-likeness (QED) is 0.0548. The molecule has 1 aliphatic rings. The van der Waals surface area contributed by atoms with E-state index in [-0.39, 0.29) is 99.8 Å². The standard InChI is InChI=1S/C41H56N9O9P/c1-8-56-34(53)24-49(21-20-45-39(54)57-25-31-29-15-11-9-13-27(29)28-14-10-12-16-30(28)31)33(52)23-50-26-46-35-36(42)47-38(48-37(35)50)44-19-18-43-32(51)17-22-60(55,58-40(2,3)4)59-41(5,6)7/h9-16,26,31H,8,17-25H2,1-7H3,(H,43,51)(H,45,54)(H3,42,44,47,48). The zero-order valence-corrected chi connectivity index (χ0v) is 36.2. The van der Waals surface area contributed by atoms with Crippen LogP contribution in [0.15, 0.2) is 54.9 Å². The predicted octanol–water partition coefficient (Wildman–Crippen LogP) is 5.08. The second-order valence-electron chi connectivity index (χ2n) is 16.1. The number of hydrogen-bond donors (Lipinski definition) is 4. The Kier molecular flexibility index (Phi) is 14.9. The van der Waals surface area contributed by atoms with Crippen LogP contribution in [0.25, 0.3) is 22.3 Å². The molecule has 0 atom stereocenters. The van der Waals surface area contributed by atoms with Crippen molar-refractivity contribution < 1.29 is 42.3 Å². The summed E-state index contributed by atoms with van der Waals surface area (Å²) in [7, 11) is -3.58. The monoisotopic (exact) mass is 849 g/mol. The zero-order chi connectivity index (χ0) is 43.7. The number of nitrogens with one attached hydrogen (secondary N) is 3. The van der Waals surface area contributed by atoms with Gasteiger partial charge in [-0.2, -0.15) is 9.97 Å². The number of imidazole rings is 1. The third kappa shape index (κ3) is 12.7. The number of anilines is 2. The number of rotatable bonds is 19. The number of carbonyl (C=O) groups is 4. The molecule has 0 aliphatic heterocycles. The molecule has 2 heterocycles. The summed E-state index contributed by atoms with van der Waals surface area (Å²) in [6.07, 6.45) is 0.562. The minimum atomic E-state index is -3.58. The van der Waals surface area contributed by atoms with Gasteiger partial charge in [0.2, 0.25) is 17.8 Å². The molecule has 3 amide bonds. The zero-order valence-electron chi connectivity index (χ0n) is 35.3. The molecule has 2 aromatic carbocycles. The van der Waals surface area contributed by atoms with E-state index < -0.39 is 36.8 Å². The van der Waals surface area contributed by atoms with Crippen LogP contribution in [0.2, 0.25) is 0 Å². The van der Waals surface area contributed by atoms with Gasteiger partial charge in [0.1, 0.15) is 25.2 Å². The Morgan fingerprint density at radius 3 is 2.12 bits per heavy atom. The Morgan fingerprint density at radius 1 is 0.867 bits per heavy atom. The molecule has 1 aliphatic carbocycles. The normalized spacial score (nSPS) is 12.7. The van der Waals surface area contributed by atoms with Crippen LogP contribution in [-0.4, -0.2) is 112 Å². The number of nitrogen functional groups attached to an aromatic ring is 1. The fraction of sp³-hybridized carbons (Fsp3) is 0.488. The van der Waals surface area contributed by atoms with Crippen molar-refractivity contribution in [1.29, 1.82) is 0 Å². The molecule has 5 rings (SSSR count). The molecule has 0 spiro atoms. The topological polar surface area (TPSA) is 231 Å². The van der Waals surface area contributed by atoms with Crippen LogP contribution in [0.5, 0.6) is 0 Å².